The van der Waals surface area contributed by atoms with Crippen LogP contribution >= 0.6 is 0 Å². The van der Waals surface area contributed by atoms with Gasteiger partial charge in [0.15, 0.2) is 0 Å². The van der Waals surface area contributed by atoms with Crippen LogP contribution in [-0.2, 0) is 9.47 Å². The van der Waals surface area contributed by atoms with Crippen LogP contribution in [0.3, 0.4) is 0 Å². The van der Waals surface area contributed by atoms with Crippen molar-refractivity contribution in [2.75, 3.05) is 14.2 Å². The molecule has 0 aromatic heterocycles. The van der Waals surface area contributed by atoms with Gasteiger partial charge < -0.3 is 9.47 Å². The van der Waals surface area contributed by atoms with Crippen LogP contribution in [0.15, 0.2) is 54.0 Å². The van der Waals surface area contributed by atoms with Gasteiger partial charge in [0, 0.05) is 5.04 Å². The van der Waals surface area contributed by atoms with E-state index in [9.17, 15) is 0 Å². The van der Waals surface area contributed by atoms with Crippen LogP contribution in [0.2, 0.25) is 18.1 Å². The first-order chi connectivity index (χ1) is 9.43. The van der Waals surface area contributed by atoms with Crippen LogP contribution < -0.4 is 5.19 Å². The Kier molecular flexibility index (Phi) is 4.09. The lowest BCUT2D eigenvalue weighted by Gasteiger charge is -2.41. The number of rotatable bonds is 4. The highest BCUT2D eigenvalue weighted by atomic mass is 28.3. The monoisotopic (exact) mass is 288 g/mol. The quantitative estimate of drug-likeness (QED) is 0.784. The highest BCUT2D eigenvalue weighted by molar-refractivity contribution is 6.93. The number of benzene rings is 1. The third-order valence-electron chi connectivity index (χ3n) is 4.64. The maximum Gasteiger partial charge on any atom is 0.0996 e. The lowest BCUT2D eigenvalue weighted by atomic mass is 10.0. The second-order valence-corrected chi connectivity index (χ2v) is 11.0. The van der Waals surface area contributed by atoms with Crippen molar-refractivity contribution in [3.8, 4) is 0 Å². The summed E-state index contributed by atoms with van der Waals surface area (Å²) in [6.45, 7) is 7.10. The molecule has 3 heteroatoms. The number of hydrogen-bond donors (Lipinski definition) is 0. The van der Waals surface area contributed by atoms with Crippen LogP contribution in [0.4, 0.5) is 0 Å². The minimum absolute atomic E-state index is 0.0106. The van der Waals surface area contributed by atoms with Crippen LogP contribution in [0.25, 0.3) is 0 Å². The van der Waals surface area contributed by atoms with E-state index < -0.39 is 8.07 Å². The summed E-state index contributed by atoms with van der Waals surface area (Å²) in [5.74, 6) is 2.01. The van der Waals surface area contributed by atoms with Crippen molar-refractivity contribution in [1.82, 2.24) is 0 Å². The third kappa shape index (κ3) is 2.55. The zero-order chi connectivity index (χ0) is 14.8. The van der Waals surface area contributed by atoms with Gasteiger partial charge in [-0.05, 0) is 12.2 Å². The largest absolute Gasteiger partial charge is 0.501 e. The molecule has 1 aliphatic carbocycles. The molecule has 20 heavy (non-hydrogen) atoms. The average Bonchev–Trinajstić information content (AvgIpc) is 2.47. The Morgan fingerprint density at radius 2 is 1.45 bits per heavy atom. The van der Waals surface area contributed by atoms with Gasteiger partial charge >= 0.3 is 0 Å². The third-order valence-corrected chi connectivity index (χ3v) is 9.40. The Bertz CT molecular complexity index is 509. The normalized spacial score (nSPS) is 18.1. The molecule has 0 bridgehead atoms. The van der Waals surface area contributed by atoms with Crippen molar-refractivity contribution in [2.24, 2.45) is 0 Å². The second kappa shape index (κ2) is 5.48. The van der Waals surface area contributed by atoms with E-state index in [-0.39, 0.29) is 5.04 Å². The lowest BCUT2D eigenvalue weighted by molar-refractivity contribution is 0.230. The van der Waals surface area contributed by atoms with Gasteiger partial charge in [0.1, 0.15) is 0 Å². The van der Waals surface area contributed by atoms with Gasteiger partial charge in [-0.3, -0.25) is 0 Å². The summed E-state index contributed by atoms with van der Waals surface area (Å²) in [6.07, 6.45) is 5.32. The van der Waals surface area contributed by atoms with Crippen molar-refractivity contribution in [1.29, 1.82) is 0 Å². The van der Waals surface area contributed by atoms with Gasteiger partial charge in [0.2, 0.25) is 0 Å². The highest BCUT2D eigenvalue weighted by Crippen LogP contribution is 2.46. The van der Waals surface area contributed by atoms with E-state index in [0.29, 0.717) is 0 Å². The van der Waals surface area contributed by atoms with E-state index in [4.69, 9.17) is 9.47 Å². The zero-order valence-electron chi connectivity index (χ0n) is 13.1. The number of allylic oxidation sites excluding steroid dienone is 2. The molecule has 0 saturated heterocycles. The van der Waals surface area contributed by atoms with Crippen LogP contribution in [-0.4, -0.2) is 22.3 Å². The smallest absolute Gasteiger partial charge is 0.0996 e. The molecule has 2 nitrogen and oxygen atoms in total. The van der Waals surface area contributed by atoms with Crippen molar-refractivity contribution < 1.29 is 9.47 Å². The second-order valence-electron chi connectivity index (χ2n) is 6.08. The molecule has 1 aliphatic rings. The summed E-state index contributed by atoms with van der Waals surface area (Å²) in [5.41, 5.74) is 0. The number of ether oxygens (including phenoxy) is 2. The molecular weight excluding hydrogens is 264 g/mol. The summed E-state index contributed by atoms with van der Waals surface area (Å²) in [7, 11) is 1.74. The first-order valence-corrected chi connectivity index (χ1v) is 10.00. The number of hydrogen-bond acceptors (Lipinski definition) is 2. The molecule has 0 amide bonds. The van der Waals surface area contributed by atoms with E-state index in [1.165, 1.54) is 5.19 Å². The Hall–Kier alpha value is -1.48. The van der Waals surface area contributed by atoms with E-state index in [1.807, 2.05) is 0 Å². The van der Waals surface area contributed by atoms with Crippen molar-refractivity contribution >= 4 is 13.3 Å². The van der Waals surface area contributed by atoms with Gasteiger partial charge in [-0.1, -0.05) is 55.5 Å². The predicted octanol–water partition coefficient (Wildman–Crippen LogP) is 3.83. The Balaban J connectivity index is 2.49. The Morgan fingerprint density at radius 1 is 0.950 bits per heavy atom. The van der Waals surface area contributed by atoms with E-state index in [2.05, 4.69) is 62.5 Å². The van der Waals surface area contributed by atoms with E-state index in [1.54, 1.807) is 14.2 Å². The van der Waals surface area contributed by atoms with Crippen molar-refractivity contribution in [2.45, 2.75) is 31.5 Å². The maximum absolute atomic E-state index is 5.51. The summed E-state index contributed by atoms with van der Waals surface area (Å²) in [4.78, 5) is 0. The van der Waals surface area contributed by atoms with Gasteiger partial charge in [-0.2, -0.15) is 0 Å². The topological polar surface area (TPSA) is 18.5 Å². The van der Waals surface area contributed by atoms with Gasteiger partial charge in [-0.15, -0.1) is 0 Å². The van der Waals surface area contributed by atoms with Crippen LogP contribution in [0.5, 0.6) is 0 Å². The van der Waals surface area contributed by atoms with Gasteiger partial charge in [0.05, 0.1) is 40.2 Å². The van der Waals surface area contributed by atoms with E-state index >= 15 is 0 Å². The molecule has 0 N–H and O–H groups in total. The van der Waals surface area contributed by atoms with Crippen molar-refractivity contribution in [3.63, 3.8) is 0 Å². The molecule has 108 valence electrons. The number of methoxy groups -OCH3 is 2. The zero-order valence-corrected chi connectivity index (χ0v) is 14.1. The van der Waals surface area contributed by atoms with Gasteiger partial charge in [0.25, 0.3) is 0 Å². The summed E-state index contributed by atoms with van der Waals surface area (Å²) in [5, 5.41) is 1.44. The SMILES string of the molecule is COC1=CC(C)([Si](C)(C)c2ccccc2)C=C(OC)C1. The first-order valence-electron chi connectivity index (χ1n) is 7.00. The van der Waals surface area contributed by atoms with E-state index in [0.717, 1.165) is 17.9 Å². The fourth-order valence-electron chi connectivity index (χ4n) is 2.77. The maximum atomic E-state index is 5.51. The molecule has 0 heterocycles. The van der Waals surface area contributed by atoms with Crippen LogP contribution in [0.1, 0.15) is 13.3 Å². The molecule has 0 spiro atoms. The minimum Gasteiger partial charge on any atom is -0.501 e. The summed E-state index contributed by atoms with van der Waals surface area (Å²) >= 11 is 0. The molecule has 0 radical (unpaired) electrons. The summed E-state index contributed by atoms with van der Waals surface area (Å²) < 4.78 is 11.0. The molecular formula is C17H24O2Si. The molecule has 0 fully saturated rings. The lowest BCUT2D eigenvalue weighted by Crippen LogP contribution is -2.51. The summed E-state index contributed by atoms with van der Waals surface area (Å²) in [6, 6.07) is 10.8. The van der Waals surface area contributed by atoms with Gasteiger partial charge in [-0.25, -0.2) is 0 Å². The first kappa shape index (κ1) is 14.9. The molecule has 0 saturated carbocycles. The Morgan fingerprint density at radius 3 is 1.90 bits per heavy atom. The molecule has 2 rings (SSSR count). The van der Waals surface area contributed by atoms with Crippen molar-refractivity contribution in [3.05, 3.63) is 54.0 Å². The molecule has 0 aliphatic heterocycles. The molecule has 0 atom stereocenters. The highest BCUT2D eigenvalue weighted by Gasteiger charge is 2.43. The predicted molar refractivity (Wildman–Crippen MR) is 86.7 cm³/mol. The molecule has 0 unspecified atom stereocenters. The minimum atomic E-state index is -1.73. The molecule has 1 aromatic carbocycles. The standard InChI is InChI=1S/C17H24O2Si/c1-17(12-14(18-2)11-15(13-17)19-3)20(4,5)16-9-7-6-8-10-16/h6-10,12-13H,11H2,1-5H3. The fraction of sp³-hybridized carbons (Fsp3) is 0.412. The van der Waals surface area contributed by atoms with Crippen LogP contribution in [0, 0.1) is 0 Å². The Labute approximate surface area is 123 Å². The molecule has 1 aromatic rings. The fourth-order valence-corrected chi connectivity index (χ4v) is 5.46. The average molecular weight is 288 g/mol.